The Labute approximate surface area is 176 Å². The number of carbonyl (C=O) groups excluding carboxylic acids is 1. The summed E-state index contributed by atoms with van der Waals surface area (Å²) in [5, 5.41) is 19.0. The number of hydrogen-bond donors (Lipinski definition) is 2. The zero-order valence-corrected chi connectivity index (χ0v) is 17.3. The number of carbonyl (C=O) groups is 1. The van der Waals surface area contributed by atoms with Crippen LogP contribution in [0.3, 0.4) is 0 Å². The van der Waals surface area contributed by atoms with E-state index in [4.69, 9.17) is 10.00 Å². The number of para-hydroxylation sites is 1. The Morgan fingerprint density at radius 2 is 1.73 bits per heavy atom. The highest BCUT2D eigenvalue weighted by Gasteiger charge is 2.20. The smallest absolute Gasteiger partial charge is 0.324 e. The topological polar surface area (TPSA) is 92.0 Å². The molecule has 1 heterocycles. The van der Waals surface area contributed by atoms with Crippen LogP contribution in [-0.2, 0) is 12.0 Å². The maximum Gasteiger partial charge on any atom is 0.324 e. The largest absolute Gasteiger partial charge is 0.457 e. The first kappa shape index (κ1) is 20.9. The molecule has 7 heteroatoms. The van der Waals surface area contributed by atoms with E-state index in [-0.39, 0.29) is 11.4 Å². The lowest BCUT2D eigenvalue weighted by Gasteiger charge is -2.13. The molecule has 0 fully saturated rings. The normalized spacial score (nSPS) is 10.9. The number of urea groups is 1. The summed E-state index contributed by atoms with van der Waals surface area (Å²) < 4.78 is 7.41. The minimum absolute atomic E-state index is 0.167. The molecule has 0 aliphatic carbocycles. The Kier molecular flexibility index (Phi) is 6.38. The second-order valence-corrected chi connectivity index (χ2v) is 7.81. The van der Waals surface area contributed by atoms with Crippen molar-refractivity contribution in [2.24, 2.45) is 0 Å². The molecule has 2 N–H and O–H groups in total. The average Bonchev–Trinajstić information content (AvgIpc) is 3.11. The molecule has 0 atom stereocenters. The van der Waals surface area contributed by atoms with E-state index in [1.54, 1.807) is 28.9 Å². The highest BCUT2D eigenvalue weighted by atomic mass is 16.5. The van der Waals surface area contributed by atoms with Gasteiger partial charge in [0.2, 0.25) is 0 Å². The first-order valence-corrected chi connectivity index (χ1v) is 9.71. The van der Waals surface area contributed by atoms with Crippen molar-refractivity contribution >= 4 is 17.5 Å². The number of hydrogen-bond acceptors (Lipinski definition) is 4. The molecule has 0 aliphatic rings. The number of nitriles is 1. The van der Waals surface area contributed by atoms with Crippen LogP contribution in [0, 0.1) is 11.3 Å². The van der Waals surface area contributed by atoms with Crippen molar-refractivity contribution in [2.45, 2.75) is 39.2 Å². The summed E-state index contributed by atoms with van der Waals surface area (Å²) in [5.74, 6) is 1.98. The zero-order valence-electron chi connectivity index (χ0n) is 17.3. The van der Waals surface area contributed by atoms with Crippen LogP contribution >= 0.6 is 0 Å². The van der Waals surface area contributed by atoms with E-state index in [0.717, 1.165) is 11.4 Å². The second kappa shape index (κ2) is 9.14. The van der Waals surface area contributed by atoms with Crippen molar-refractivity contribution in [1.82, 2.24) is 9.78 Å². The molecule has 7 nitrogen and oxygen atoms in total. The second-order valence-electron chi connectivity index (χ2n) is 7.81. The molecule has 30 heavy (non-hydrogen) atoms. The molecule has 0 aliphatic heterocycles. The summed E-state index contributed by atoms with van der Waals surface area (Å²) >= 11 is 0. The lowest BCUT2D eigenvalue weighted by atomic mass is 9.92. The summed E-state index contributed by atoms with van der Waals surface area (Å²) in [6.07, 6.45) is 0.310. The summed E-state index contributed by atoms with van der Waals surface area (Å²) in [6.45, 7) is 6.56. The van der Waals surface area contributed by atoms with Crippen LogP contribution in [-0.4, -0.2) is 15.8 Å². The number of rotatable bonds is 6. The molecular weight excluding hydrogens is 378 g/mol. The number of benzene rings is 2. The minimum atomic E-state index is -0.384. The minimum Gasteiger partial charge on any atom is -0.457 e. The molecule has 0 unspecified atom stereocenters. The predicted molar refractivity (Wildman–Crippen MR) is 117 cm³/mol. The van der Waals surface area contributed by atoms with Crippen LogP contribution in [0.4, 0.5) is 16.3 Å². The van der Waals surface area contributed by atoms with Gasteiger partial charge in [0, 0.05) is 17.2 Å². The maximum atomic E-state index is 12.5. The van der Waals surface area contributed by atoms with Gasteiger partial charge in [0.15, 0.2) is 0 Å². The van der Waals surface area contributed by atoms with Crippen LogP contribution in [0.5, 0.6) is 11.5 Å². The highest BCUT2D eigenvalue weighted by Crippen LogP contribution is 2.25. The van der Waals surface area contributed by atoms with Crippen LogP contribution in [0.1, 0.15) is 32.9 Å². The fourth-order valence-corrected chi connectivity index (χ4v) is 2.72. The molecule has 0 saturated heterocycles. The number of aryl methyl sites for hydroxylation is 1. The van der Waals surface area contributed by atoms with Gasteiger partial charge in [0.1, 0.15) is 17.3 Å². The molecule has 0 bridgehead atoms. The van der Waals surface area contributed by atoms with Crippen molar-refractivity contribution in [1.29, 1.82) is 5.26 Å². The van der Waals surface area contributed by atoms with Crippen LogP contribution in [0.15, 0.2) is 60.7 Å². The van der Waals surface area contributed by atoms with Gasteiger partial charge in [-0.15, -0.1) is 0 Å². The van der Waals surface area contributed by atoms with Crippen molar-refractivity contribution < 1.29 is 9.53 Å². The van der Waals surface area contributed by atoms with Gasteiger partial charge in [-0.25, -0.2) is 9.48 Å². The number of aromatic nitrogens is 2. The van der Waals surface area contributed by atoms with Crippen molar-refractivity contribution in [2.75, 3.05) is 10.6 Å². The molecular formula is C23H25N5O2. The van der Waals surface area contributed by atoms with Crippen molar-refractivity contribution in [3.05, 3.63) is 66.4 Å². The van der Waals surface area contributed by atoms with E-state index >= 15 is 0 Å². The molecule has 0 saturated carbocycles. The number of nitrogens with one attached hydrogen (secondary N) is 2. The van der Waals surface area contributed by atoms with Gasteiger partial charge in [0.05, 0.1) is 24.7 Å². The van der Waals surface area contributed by atoms with Gasteiger partial charge in [-0.1, -0.05) is 39.0 Å². The van der Waals surface area contributed by atoms with Gasteiger partial charge in [-0.2, -0.15) is 10.4 Å². The molecule has 3 rings (SSSR count). The van der Waals surface area contributed by atoms with Gasteiger partial charge >= 0.3 is 6.03 Å². The fourth-order valence-electron chi connectivity index (χ4n) is 2.72. The molecule has 0 spiro atoms. The number of ether oxygens (including phenoxy) is 1. The summed E-state index contributed by atoms with van der Waals surface area (Å²) in [6, 6.07) is 20.2. The molecule has 3 aromatic rings. The molecule has 2 aromatic carbocycles. The van der Waals surface area contributed by atoms with Gasteiger partial charge < -0.3 is 10.1 Å². The van der Waals surface area contributed by atoms with Crippen LogP contribution < -0.4 is 15.4 Å². The summed E-state index contributed by atoms with van der Waals surface area (Å²) in [7, 11) is 0. The van der Waals surface area contributed by atoms with E-state index in [0.29, 0.717) is 30.2 Å². The lowest BCUT2D eigenvalue weighted by molar-refractivity contribution is 0.262. The van der Waals surface area contributed by atoms with Gasteiger partial charge in [-0.3, -0.25) is 5.32 Å². The standard InChI is InChI=1S/C23H25N5O2/c1-23(2,3)20-16-21(28(27-20)15-7-14-24)26-22(29)25-17-10-12-19(13-11-17)30-18-8-5-4-6-9-18/h4-6,8-13,16H,7,15H2,1-3H3,(H2,25,26,29). The number of anilines is 2. The van der Waals surface area contributed by atoms with Crippen molar-refractivity contribution in [3.8, 4) is 17.6 Å². The third-order valence-corrected chi connectivity index (χ3v) is 4.32. The lowest BCUT2D eigenvalue weighted by Crippen LogP contribution is -2.21. The first-order chi connectivity index (χ1) is 14.3. The van der Waals surface area contributed by atoms with E-state index in [1.807, 2.05) is 57.2 Å². The Morgan fingerprint density at radius 1 is 1.07 bits per heavy atom. The van der Waals surface area contributed by atoms with Crippen LogP contribution in [0.25, 0.3) is 0 Å². The van der Waals surface area contributed by atoms with E-state index in [1.165, 1.54) is 0 Å². The Balaban J connectivity index is 1.65. The molecule has 154 valence electrons. The van der Waals surface area contributed by atoms with Gasteiger partial charge in [-0.05, 0) is 36.4 Å². The SMILES string of the molecule is CC(C)(C)c1cc(NC(=O)Nc2ccc(Oc3ccccc3)cc2)n(CCC#N)n1. The van der Waals surface area contributed by atoms with E-state index in [2.05, 4.69) is 21.8 Å². The third-order valence-electron chi connectivity index (χ3n) is 4.32. The Bertz CT molecular complexity index is 1030. The van der Waals surface area contributed by atoms with Crippen molar-refractivity contribution in [3.63, 3.8) is 0 Å². The number of nitrogens with zero attached hydrogens (tertiary/aromatic N) is 3. The van der Waals surface area contributed by atoms with Gasteiger partial charge in [0.25, 0.3) is 0 Å². The quantitative estimate of drug-likeness (QED) is 0.566. The highest BCUT2D eigenvalue weighted by molar-refractivity contribution is 5.99. The summed E-state index contributed by atoms with van der Waals surface area (Å²) in [5.41, 5.74) is 1.31. The monoisotopic (exact) mass is 403 g/mol. The van der Waals surface area contributed by atoms with E-state index in [9.17, 15) is 4.79 Å². The Morgan fingerprint density at radius 3 is 2.37 bits per heavy atom. The molecule has 0 radical (unpaired) electrons. The zero-order chi connectivity index (χ0) is 21.6. The van der Waals surface area contributed by atoms with E-state index < -0.39 is 0 Å². The first-order valence-electron chi connectivity index (χ1n) is 9.71. The maximum absolute atomic E-state index is 12.5. The fraction of sp³-hybridized carbons (Fsp3) is 0.261. The number of amides is 2. The third kappa shape index (κ3) is 5.61. The summed E-state index contributed by atoms with van der Waals surface area (Å²) in [4.78, 5) is 12.5. The molecule has 1 aromatic heterocycles. The molecule has 2 amide bonds. The predicted octanol–water partition coefficient (Wildman–Crippen LogP) is 5.53. The Hall–Kier alpha value is -3.79. The average molecular weight is 403 g/mol. The van der Waals surface area contributed by atoms with Crippen LogP contribution in [0.2, 0.25) is 0 Å².